The van der Waals surface area contributed by atoms with Crippen LogP contribution in [0.5, 0.6) is 0 Å². The Bertz CT molecular complexity index is 904. The average Bonchev–Trinajstić information content (AvgIpc) is 2.89. The molecule has 0 unspecified atom stereocenters. The van der Waals surface area contributed by atoms with Gasteiger partial charge in [0.2, 0.25) is 0 Å². The Morgan fingerprint density at radius 2 is 2.13 bits per heavy atom. The first kappa shape index (κ1) is 15.3. The molecular weight excluding hydrogens is 316 g/mol. The standard InChI is InChI=1S/C16H15ClN4O2/c1-9-10-5-3-4-6-12(10)20-13(14(9)17)8-23-16(22)11-7-19-21(2)15(11)18/h3-7H,8,18H2,1-2H3. The molecule has 0 spiro atoms. The monoisotopic (exact) mass is 330 g/mol. The number of carbonyl (C=O) groups excluding carboxylic acids is 1. The minimum absolute atomic E-state index is 0.0301. The van der Waals surface area contributed by atoms with Gasteiger partial charge in [0, 0.05) is 12.4 Å². The molecular formula is C16H15ClN4O2. The number of para-hydroxylation sites is 1. The number of pyridine rings is 1. The maximum absolute atomic E-state index is 12.1. The number of halogens is 1. The normalized spacial score (nSPS) is 10.9. The molecule has 23 heavy (non-hydrogen) atoms. The Kier molecular flexibility index (Phi) is 3.92. The van der Waals surface area contributed by atoms with E-state index in [0.717, 1.165) is 16.5 Å². The molecule has 2 N–H and O–H groups in total. The number of carbonyl (C=O) groups is 1. The number of hydrogen-bond acceptors (Lipinski definition) is 5. The number of esters is 1. The maximum Gasteiger partial charge on any atom is 0.343 e. The zero-order valence-electron chi connectivity index (χ0n) is 12.7. The lowest BCUT2D eigenvalue weighted by Gasteiger charge is -2.10. The minimum Gasteiger partial charge on any atom is -0.455 e. The summed E-state index contributed by atoms with van der Waals surface area (Å²) in [6.45, 7) is 1.88. The van der Waals surface area contributed by atoms with E-state index >= 15 is 0 Å². The molecule has 118 valence electrons. The first-order valence-electron chi connectivity index (χ1n) is 6.97. The van der Waals surface area contributed by atoms with E-state index in [2.05, 4.69) is 10.1 Å². The summed E-state index contributed by atoms with van der Waals surface area (Å²) in [6.07, 6.45) is 1.37. The van der Waals surface area contributed by atoms with E-state index in [1.807, 2.05) is 31.2 Å². The van der Waals surface area contributed by atoms with Crippen LogP contribution in [0.15, 0.2) is 30.5 Å². The molecule has 0 fully saturated rings. The molecule has 1 aromatic carbocycles. The van der Waals surface area contributed by atoms with Gasteiger partial charge in [-0.15, -0.1) is 0 Å². The van der Waals surface area contributed by atoms with Crippen molar-refractivity contribution in [3.8, 4) is 0 Å². The third-order valence-corrected chi connectivity index (χ3v) is 4.19. The number of nitrogens with two attached hydrogens (primary N) is 1. The number of nitrogens with zero attached hydrogens (tertiary/aromatic N) is 3. The molecule has 3 aromatic rings. The smallest absolute Gasteiger partial charge is 0.343 e. The van der Waals surface area contributed by atoms with E-state index in [1.54, 1.807) is 7.05 Å². The van der Waals surface area contributed by atoms with Gasteiger partial charge in [-0.05, 0) is 18.6 Å². The molecule has 0 amide bonds. The summed E-state index contributed by atoms with van der Waals surface area (Å²) in [5.41, 5.74) is 8.21. The van der Waals surface area contributed by atoms with Gasteiger partial charge in [0.15, 0.2) is 0 Å². The van der Waals surface area contributed by atoms with Crippen LogP contribution in [0.1, 0.15) is 21.6 Å². The van der Waals surface area contributed by atoms with Crippen LogP contribution in [0.3, 0.4) is 0 Å². The molecule has 0 saturated carbocycles. The number of fused-ring (bicyclic) bond motifs is 1. The third kappa shape index (κ3) is 2.73. The van der Waals surface area contributed by atoms with Crippen molar-refractivity contribution in [3.63, 3.8) is 0 Å². The number of anilines is 1. The summed E-state index contributed by atoms with van der Waals surface area (Å²) in [7, 11) is 1.65. The molecule has 0 aliphatic rings. The van der Waals surface area contributed by atoms with Crippen molar-refractivity contribution >= 4 is 34.3 Å². The lowest BCUT2D eigenvalue weighted by atomic mass is 10.1. The molecule has 7 heteroatoms. The molecule has 0 radical (unpaired) electrons. The number of benzene rings is 1. The summed E-state index contributed by atoms with van der Waals surface area (Å²) >= 11 is 6.34. The quantitative estimate of drug-likeness (QED) is 0.746. The van der Waals surface area contributed by atoms with Crippen molar-refractivity contribution in [3.05, 3.63) is 52.3 Å². The minimum atomic E-state index is -0.556. The molecule has 0 atom stereocenters. The second-order valence-electron chi connectivity index (χ2n) is 5.16. The summed E-state index contributed by atoms with van der Waals surface area (Å²) in [6, 6.07) is 7.67. The first-order chi connectivity index (χ1) is 11.0. The predicted octanol–water partition coefficient (Wildman–Crippen LogP) is 2.87. The summed E-state index contributed by atoms with van der Waals surface area (Å²) in [5, 5.41) is 5.39. The number of hydrogen-bond donors (Lipinski definition) is 1. The predicted molar refractivity (Wildman–Crippen MR) is 88.2 cm³/mol. The second kappa shape index (κ2) is 5.89. The first-order valence-corrected chi connectivity index (χ1v) is 7.35. The maximum atomic E-state index is 12.1. The van der Waals surface area contributed by atoms with Crippen LogP contribution in [0.4, 0.5) is 5.82 Å². The average molecular weight is 331 g/mol. The highest BCUT2D eigenvalue weighted by Gasteiger charge is 2.17. The molecule has 2 aromatic heterocycles. The van der Waals surface area contributed by atoms with Crippen LogP contribution in [0, 0.1) is 6.92 Å². The molecule has 3 rings (SSSR count). The number of ether oxygens (including phenoxy) is 1. The summed E-state index contributed by atoms with van der Waals surface area (Å²) < 4.78 is 6.68. The van der Waals surface area contributed by atoms with E-state index in [4.69, 9.17) is 22.1 Å². The van der Waals surface area contributed by atoms with Crippen LogP contribution < -0.4 is 5.73 Å². The topological polar surface area (TPSA) is 83.0 Å². The van der Waals surface area contributed by atoms with Crippen molar-refractivity contribution in [2.75, 3.05) is 5.73 Å². The van der Waals surface area contributed by atoms with Crippen molar-refractivity contribution in [1.82, 2.24) is 14.8 Å². The number of nitrogen functional groups attached to an aromatic ring is 1. The zero-order valence-corrected chi connectivity index (χ0v) is 13.5. The molecule has 0 aliphatic carbocycles. The van der Waals surface area contributed by atoms with Gasteiger partial charge >= 0.3 is 5.97 Å². The van der Waals surface area contributed by atoms with Gasteiger partial charge in [0.05, 0.1) is 22.4 Å². The van der Waals surface area contributed by atoms with Crippen LogP contribution in [0.2, 0.25) is 5.02 Å². The van der Waals surface area contributed by atoms with E-state index in [9.17, 15) is 4.79 Å². The molecule has 6 nitrogen and oxygen atoms in total. The van der Waals surface area contributed by atoms with Gasteiger partial charge in [0.25, 0.3) is 0 Å². The highest BCUT2D eigenvalue weighted by atomic mass is 35.5. The van der Waals surface area contributed by atoms with Gasteiger partial charge in [-0.1, -0.05) is 29.8 Å². The van der Waals surface area contributed by atoms with Crippen molar-refractivity contribution in [2.24, 2.45) is 7.05 Å². The number of rotatable bonds is 3. The van der Waals surface area contributed by atoms with Gasteiger partial charge in [-0.3, -0.25) is 4.68 Å². The van der Waals surface area contributed by atoms with E-state index < -0.39 is 5.97 Å². The van der Waals surface area contributed by atoms with Gasteiger partial charge in [-0.2, -0.15) is 5.10 Å². The summed E-state index contributed by atoms with van der Waals surface area (Å²) in [5.74, 6) is -0.303. The lowest BCUT2D eigenvalue weighted by Crippen LogP contribution is -2.09. The number of aryl methyl sites for hydroxylation is 2. The van der Waals surface area contributed by atoms with E-state index in [0.29, 0.717) is 10.7 Å². The van der Waals surface area contributed by atoms with Gasteiger partial charge in [-0.25, -0.2) is 9.78 Å². The second-order valence-corrected chi connectivity index (χ2v) is 5.54. The Labute approximate surface area is 137 Å². The summed E-state index contributed by atoms with van der Waals surface area (Å²) in [4.78, 5) is 16.6. The number of aromatic nitrogens is 3. The zero-order chi connectivity index (χ0) is 16.6. The largest absolute Gasteiger partial charge is 0.455 e. The van der Waals surface area contributed by atoms with E-state index in [-0.39, 0.29) is 18.0 Å². The van der Waals surface area contributed by atoms with Crippen molar-refractivity contribution in [2.45, 2.75) is 13.5 Å². The fraction of sp³-hybridized carbons (Fsp3) is 0.188. The fourth-order valence-corrected chi connectivity index (χ4v) is 2.53. The van der Waals surface area contributed by atoms with E-state index in [1.165, 1.54) is 10.9 Å². The molecule has 2 heterocycles. The van der Waals surface area contributed by atoms with Crippen LogP contribution >= 0.6 is 11.6 Å². The van der Waals surface area contributed by atoms with Crippen LogP contribution in [-0.4, -0.2) is 20.7 Å². The highest BCUT2D eigenvalue weighted by Crippen LogP contribution is 2.27. The third-order valence-electron chi connectivity index (χ3n) is 3.69. The Morgan fingerprint density at radius 1 is 1.39 bits per heavy atom. The Balaban J connectivity index is 1.86. The van der Waals surface area contributed by atoms with Crippen LogP contribution in [-0.2, 0) is 18.4 Å². The molecule has 0 bridgehead atoms. The Hall–Kier alpha value is -2.60. The van der Waals surface area contributed by atoms with Crippen LogP contribution in [0.25, 0.3) is 10.9 Å². The van der Waals surface area contributed by atoms with Crippen molar-refractivity contribution < 1.29 is 9.53 Å². The SMILES string of the molecule is Cc1c(Cl)c(COC(=O)c2cnn(C)c2N)nc2ccccc12. The van der Waals surface area contributed by atoms with Gasteiger partial charge in [0.1, 0.15) is 18.0 Å². The molecule has 0 aliphatic heterocycles. The van der Waals surface area contributed by atoms with Gasteiger partial charge < -0.3 is 10.5 Å². The molecule has 0 saturated heterocycles. The lowest BCUT2D eigenvalue weighted by molar-refractivity contribution is 0.0469. The van der Waals surface area contributed by atoms with Crippen molar-refractivity contribution in [1.29, 1.82) is 0 Å². The Morgan fingerprint density at radius 3 is 2.83 bits per heavy atom. The fourth-order valence-electron chi connectivity index (χ4n) is 2.33. The highest BCUT2D eigenvalue weighted by molar-refractivity contribution is 6.32.